The summed E-state index contributed by atoms with van der Waals surface area (Å²) in [7, 11) is -3.64. The molecule has 4 rings (SSSR count). The van der Waals surface area contributed by atoms with E-state index in [2.05, 4.69) is 0 Å². The molecule has 0 aliphatic carbocycles. The third-order valence-electron chi connectivity index (χ3n) is 6.45. The van der Waals surface area contributed by atoms with Crippen molar-refractivity contribution >= 4 is 15.9 Å². The fraction of sp³-hybridized carbons (Fsp3) is 0.480. The summed E-state index contributed by atoms with van der Waals surface area (Å²) >= 11 is 0. The minimum Gasteiger partial charge on any atom is -0.490 e. The van der Waals surface area contributed by atoms with Crippen LogP contribution in [0.25, 0.3) is 0 Å². The summed E-state index contributed by atoms with van der Waals surface area (Å²) in [5.41, 5.74) is 2.21. The van der Waals surface area contributed by atoms with Crippen LogP contribution in [-0.2, 0) is 10.0 Å². The number of aryl methyl sites for hydroxylation is 1. The quantitative estimate of drug-likeness (QED) is 0.631. The second-order valence-corrected chi connectivity index (χ2v) is 10.4. The smallest absolute Gasteiger partial charge is 0.254 e. The van der Waals surface area contributed by atoms with Crippen molar-refractivity contribution in [3.8, 4) is 11.5 Å². The van der Waals surface area contributed by atoms with E-state index in [0.717, 1.165) is 36.1 Å². The Kier molecular flexibility index (Phi) is 6.95. The molecule has 2 aromatic carbocycles. The molecule has 0 radical (unpaired) electrons. The van der Waals surface area contributed by atoms with Crippen LogP contribution < -0.4 is 9.47 Å². The number of carbonyl (C=O) groups excluding carboxylic acids is 1. The van der Waals surface area contributed by atoms with Gasteiger partial charge in [0.2, 0.25) is 10.0 Å². The van der Waals surface area contributed by atoms with Crippen molar-refractivity contribution in [2.75, 3.05) is 32.8 Å². The Morgan fingerprint density at radius 2 is 1.76 bits per heavy atom. The van der Waals surface area contributed by atoms with Gasteiger partial charge >= 0.3 is 0 Å². The summed E-state index contributed by atoms with van der Waals surface area (Å²) in [4.78, 5) is 15.7. The lowest BCUT2D eigenvalue weighted by Crippen LogP contribution is -2.32. The summed E-state index contributed by atoms with van der Waals surface area (Å²) < 4.78 is 39.0. The maximum absolute atomic E-state index is 13.6. The second-order valence-electron chi connectivity index (χ2n) is 8.48. The third-order valence-corrected chi connectivity index (χ3v) is 8.50. The van der Waals surface area contributed by atoms with Gasteiger partial charge in [0.1, 0.15) is 0 Å². The van der Waals surface area contributed by atoms with E-state index in [1.54, 1.807) is 12.1 Å². The normalized spacial score (nSPS) is 18.4. The highest BCUT2D eigenvalue weighted by atomic mass is 32.2. The Morgan fingerprint density at radius 1 is 1.03 bits per heavy atom. The summed E-state index contributed by atoms with van der Waals surface area (Å²) in [5, 5.41) is 0. The number of rotatable bonds is 6. The molecule has 0 unspecified atom stereocenters. The highest BCUT2D eigenvalue weighted by Crippen LogP contribution is 2.39. The van der Waals surface area contributed by atoms with Crippen LogP contribution in [0.15, 0.2) is 41.3 Å². The van der Waals surface area contributed by atoms with Crippen LogP contribution in [0, 0.1) is 6.92 Å². The van der Waals surface area contributed by atoms with Crippen LogP contribution in [0.5, 0.6) is 11.5 Å². The van der Waals surface area contributed by atoms with Gasteiger partial charge in [0.15, 0.2) is 11.5 Å². The first kappa shape index (κ1) is 23.6. The van der Waals surface area contributed by atoms with Crippen molar-refractivity contribution in [3.05, 3.63) is 53.1 Å². The maximum Gasteiger partial charge on any atom is 0.254 e. The number of carbonyl (C=O) groups is 1. The molecule has 7 nitrogen and oxygen atoms in total. The fourth-order valence-corrected chi connectivity index (χ4v) is 6.09. The van der Waals surface area contributed by atoms with Crippen LogP contribution in [0.4, 0.5) is 0 Å². The molecular formula is C25H32N2O5S. The molecule has 1 fully saturated rings. The number of fused-ring (bicyclic) bond motifs is 1. The Balaban J connectivity index is 1.65. The minimum atomic E-state index is -3.64. The fourth-order valence-electron chi connectivity index (χ4n) is 4.60. The van der Waals surface area contributed by atoms with E-state index in [4.69, 9.17) is 9.47 Å². The van der Waals surface area contributed by atoms with Crippen molar-refractivity contribution in [2.45, 2.75) is 51.0 Å². The van der Waals surface area contributed by atoms with Gasteiger partial charge in [0.25, 0.3) is 5.91 Å². The van der Waals surface area contributed by atoms with E-state index in [1.165, 1.54) is 10.4 Å². The maximum atomic E-state index is 13.6. The Bertz CT molecular complexity index is 1130. The van der Waals surface area contributed by atoms with E-state index in [0.29, 0.717) is 44.2 Å². The number of amides is 1. The largest absolute Gasteiger partial charge is 0.490 e. The lowest BCUT2D eigenvalue weighted by atomic mass is 10.0. The van der Waals surface area contributed by atoms with Gasteiger partial charge in [-0.15, -0.1) is 0 Å². The van der Waals surface area contributed by atoms with Gasteiger partial charge in [0.05, 0.1) is 24.2 Å². The Morgan fingerprint density at radius 3 is 2.48 bits per heavy atom. The van der Waals surface area contributed by atoms with Gasteiger partial charge in [-0.3, -0.25) is 4.79 Å². The molecule has 2 aliphatic heterocycles. The molecule has 33 heavy (non-hydrogen) atoms. The zero-order valence-electron chi connectivity index (χ0n) is 19.5. The summed E-state index contributed by atoms with van der Waals surface area (Å²) in [5.74, 6) is 1.31. The van der Waals surface area contributed by atoms with Gasteiger partial charge in [-0.1, -0.05) is 26.0 Å². The Hall–Kier alpha value is -2.58. The van der Waals surface area contributed by atoms with E-state index in [-0.39, 0.29) is 16.8 Å². The molecule has 0 spiro atoms. The first-order valence-corrected chi connectivity index (χ1v) is 13.1. The van der Waals surface area contributed by atoms with Gasteiger partial charge in [-0.05, 0) is 55.2 Å². The standard InChI is InChI=1S/C25H32N2O5S/c1-4-26(5-2)33(29,30)20-11-9-18(3)21(17-20)25(28)27-13-6-8-22(27)19-10-12-23-24(16-19)32-15-7-14-31-23/h9-12,16-17,22H,4-8,13-15H2,1-3H3/t22-/m0/s1. The molecule has 178 valence electrons. The van der Waals surface area contributed by atoms with Gasteiger partial charge in [-0.2, -0.15) is 4.31 Å². The van der Waals surface area contributed by atoms with Crippen LogP contribution in [-0.4, -0.2) is 56.4 Å². The van der Waals surface area contributed by atoms with Gasteiger partial charge in [-0.25, -0.2) is 8.42 Å². The SMILES string of the molecule is CCN(CC)S(=O)(=O)c1ccc(C)c(C(=O)N2CCC[C@H]2c2ccc3c(c2)OCCCO3)c1. The summed E-state index contributed by atoms with van der Waals surface area (Å²) in [6.07, 6.45) is 2.58. The molecule has 0 saturated carbocycles. The number of ether oxygens (including phenoxy) is 2. The molecule has 8 heteroatoms. The van der Waals surface area contributed by atoms with Crippen molar-refractivity contribution in [3.63, 3.8) is 0 Å². The molecule has 2 heterocycles. The molecule has 2 aromatic rings. The minimum absolute atomic E-state index is 0.0860. The van der Waals surface area contributed by atoms with Gasteiger partial charge in [0, 0.05) is 31.6 Å². The molecule has 0 aromatic heterocycles. The van der Waals surface area contributed by atoms with E-state index < -0.39 is 10.0 Å². The van der Waals surface area contributed by atoms with E-state index in [1.807, 2.05) is 43.9 Å². The number of hydrogen-bond donors (Lipinski definition) is 0. The highest BCUT2D eigenvalue weighted by Gasteiger charge is 2.33. The van der Waals surface area contributed by atoms with Crippen molar-refractivity contribution < 1.29 is 22.7 Å². The van der Waals surface area contributed by atoms with Crippen LogP contribution >= 0.6 is 0 Å². The number of nitrogens with zero attached hydrogens (tertiary/aromatic N) is 2. The van der Waals surface area contributed by atoms with Gasteiger partial charge < -0.3 is 14.4 Å². The van der Waals surface area contributed by atoms with Crippen molar-refractivity contribution in [2.24, 2.45) is 0 Å². The summed E-state index contributed by atoms with van der Waals surface area (Å²) in [6, 6.07) is 10.7. The first-order chi connectivity index (χ1) is 15.9. The molecular weight excluding hydrogens is 440 g/mol. The predicted molar refractivity (Wildman–Crippen MR) is 126 cm³/mol. The van der Waals surface area contributed by atoms with E-state index in [9.17, 15) is 13.2 Å². The third kappa shape index (κ3) is 4.59. The Labute approximate surface area is 196 Å². The number of hydrogen-bond acceptors (Lipinski definition) is 5. The van der Waals surface area contributed by atoms with Crippen molar-refractivity contribution in [1.29, 1.82) is 0 Å². The van der Waals surface area contributed by atoms with Crippen LogP contribution in [0.3, 0.4) is 0 Å². The van der Waals surface area contributed by atoms with Crippen LogP contribution in [0.2, 0.25) is 0 Å². The molecule has 2 aliphatic rings. The number of likely N-dealkylation sites (tertiary alicyclic amines) is 1. The topological polar surface area (TPSA) is 76.2 Å². The number of benzene rings is 2. The van der Waals surface area contributed by atoms with E-state index >= 15 is 0 Å². The average molecular weight is 473 g/mol. The van der Waals surface area contributed by atoms with Crippen molar-refractivity contribution in [1.82, 2.24) is 9.21 Å². The lowest BCUT2D eigenvalue weighted by molar-refractivity contribution is 0.0734. The average Bonchev–Trinajstić information content (AvgIpc) is 3.18. The zero-order chi connectivity index (χ0) is 23.6. The first-order valence-electron chi connectivity index (χ1n) is 11.7. The number of sulfonamides is 1. The molecule has 0 N–H and O–H groups in total. The molecule has 1 atom stereocenters. The molecule has 1 saturated heterocycles. The second kappa shape index (κ2) is 9.73. The predicted octanol–water partition coefficient (Wildman–Crippen LogP) is 4.16. The zero-order valence-corrected chi connectivity index (χ0v) is 20.4. The molecule has 1 amide bonds. The van der Waals surface area contributed by atoms with Crippen LogP contribution in [0.1, 0.15) is 60.6 Å². The monoisotopic (exact) mass is 472 g/mol. The molecule has 0 bridgehead atoms. The lowest BCUT2D eigenvalue weighted by Gasteiger charge is -2.27. The summed E-state index contributed by atoms with van der Waals surface area (Å²) in [6.45, 7) is 8.10. The highest BCUT2D eigenvalue weighted by molar-refractivity contribution is 7.89.